The van der Waals surface area contributed by atoms with Gasteiger partial charge in [-0.15, -0.1) is 0 Å². The lowest BCUT2D eigenvalue weighted by Crippen LogP contribution is -2.24. The van der Waals surface area contributed by atoms with Crippen molar-refractivity contribution in [3.8, 4) is 0 Å². The first-order valence-corrected chi connectivity index (χ1v) is 6.72. The van der Waals surface area contributed by atoms with Crippen LogP contribution in [0, 0.1) is 0 Å². The van der Waals surface area contributed by atoms with Crippen LogP contribution in [0.3, 0.4) is 0 Å². The molecule has 0 radical (unpaired) electrons. The monoisotopic (exact) mass is 250 g/mol. The van der Waals surface area contributed by atoms with Crippen LogP contribution in [0.25, 0.3) is 10.9 Å². The number of hydrogen-bond donors (Lipinski definition) is 1. The minimum Gasteiger partial charge on any atom is -0.383 e. The van der Waals surface area contributed by atoms with Gasteiger partial charge in [0.2, 0.25) is 0 Å². The quantitative estimate of drug-likeness (QED) is 0.851. The molecule has 0 fully saturated rings. The zero-order valence-electron chi connectivity index (χ0n) is 10.3. The first-order valence-electron chi connectivity index (χ1n) is 5.95. The van der Waals surface area contributed by atoms with Gasteiger partial charge in [0.15, 0.2) is 0 Å². The number of anilines is 1. The zero-order valence-corrected chi connectivity index (χ0v) is 11.1. The molecule has 3 nitrogen and oxygen atoms in total. The number of nitrogens with zero attached hydrogens (tertiary/aromatic N) is 1. The fraction of sp³-hybridized carbons (Fsp3) is 0.462. The van der Waals surface area contributed by atoms with E-state index in [1.165, 1.54) is 16.9 Å². The van der Waals surface area contributed by atoms with Crippen LogP contribution < -0.4 is 5.32 Å². The van der Waals surface area contributed by atoms with Crippen LogP contribution >= 0.6 is 11.5 Å². The number of rotatable bonds is 6. The van der Waals surface area contributed by atoms with Gasteiger partial charge in [0, 0.05) is 12.5 Å². The number of hydrogen-bond acceptors (Lipinski definition) is 4. The maximum Gasteiger partial charge on any atom is 0.117 e. The van der Waals surface area contributed by atoms with Crippen LogP contribution in [0.4, 0.5) is 5.00 Å². The molecule has 17 heavy (non-hydrogen) atoms. The molecule has 0 aliphatic carbocycles. The standard InChI is InChI=1S/C13H18N2OS/c1-3-6-10(9-16-2)14-13-11-7-4-5-8-12(11)15-17-13/h4-5,7-8,10,14H,3,6,9H2,1-2H3. The third-order valence-electron chi connectivity index (χ3n) is 2.72. The highest BCUT2D eigenvalue weighted by molar-refractivity contribution is 7.11. The summed E-state index contributed by atoms with van der Waals surface area (Å²) in [5.74, 6) is 0. The second kappa shape index (κ2) is 5.98. The van der Waals surface area contributed by atoms with Gasteiger partial charge < -0.3 is 10.1 Å². The Morgan fingerprint density at radius 2 is 2.24 bits per heavy atom. The van der Waals surface area contributed by atoms with Crippen LogP contribution in [0.15, 0.2) is 24.3 Å². The smallest absolute Gasteiger partial charge is 0.117 e. The predicted octanol–water partition coefficient (Wildman–Crippen LogP) is 3.52. The lowest BCUT2D eigenvalue weighted by atomic mass is 10.2. The van der Waals surface area contributed by atoms with Gasteiger partial charge in [0.1, 0.15) is 5.00 Å². The molecule has 1 heterocycles. The summed E-state index contributed by atoms with van der Waals surface area (Å²) in [4.78, 5) is 0. The second-order valence-electron chi connectivity index (χ2n) is 4.11. The maximum atomic E-state index is 5.24. The van der Waals surface area contributed by atoms with E-state index in [4.69, 9.17) is 4.74 Å². The molecular formula is C13H18N2OS. The van der Waals surface area contributed by atoms with Gasteiger partial charge in [-0.1, -0.05) is 25.5 Å². The topological polar surface area (TPSA) is 34.1 Å². The Morgan fingerprint density at radius 1 is 1.41 bits per heavy atom. The fourth-order valence-electron chi connectivity index (χ4n) is 1.93. The summed E-state index contributed by atoms with van der Waals surface area (Å²) in [6, 6.07) is 8.59. The molecule has 4 heteroatoms. The van der Waals surface area contributed by atoms with E-state index < -0.39 is 0 Å². The summed E-state index contributed by atoms with van der Waals surface area (Å²) in [6.45, 7) is 2.93. The summed E-state index contributed by atoms with van der Waals surface area (Å²) in [5.41, 5.74) is 1.06. The summed E-state index contributed by atoms with van der Waals surface area (Å²) >= 11 is 1.53. The maximum absolute atomic E-state index is 5.24. The highest BCUT2D eigenvalue weighted by Crippen LogP contribution is 2.28. The molecule has 1 atom stereocenters. The SMILES string of the molecule is CCCC(COC)Nc1snc2ccccc12. The summed E-state index contributed by atoms with van der Waals surface area (Å²) < 4.78 is 9.67. The summed E-state index contributed by atoms with van der Waals surface area (Å²) in [5, 5.41) is 5.89. The minimum absolute atomic E-state index is 0.369. The number of nitrogens with one attached hydrogen (secondary N) is 1. The third-order valence-corrected chi connectivity index (χ3v) is 3.53. The van der Waals surface area contributed by atoms with Crippen LogP contribution in [0.1, 0.15) is 19.8 Å². The molecule has 1 N–H and O–H groups in total. The highest BCUT2D eigenvalue weighted by atomic mass is 32.1. The largest absolute Gasteiger partial charge is 0.383 e. The van der Waals surface area contributed by atoms with E-state index in [0.29, 0.717) is 6.04 Å². The minimum atomic E-state index is 0.369. The van der Waals surface area contributed by atoms with Crippen molar-refractivity contribution in [1.82, 2.24) is 4.37 Å². The molecule has 0 aliphatic heterocycles. The van der Waals surface area contributed by atoms with Crippen molar-refractivity contribution in [3.05, 3.63) is 24.3 Å². The predicted molar refractivity (Wildman–Crippen MR) is 73.8 cm³/mol. The van der Waals surface area contributed by atoms with Crippen LogP contribution in [0.2, 0.25) is 0 Å². The van der Waals surface area contributed by atoms with Crippen molar-refractivity contribution in [2.75, 3.05) is 19.0 Å². The first kappa shape index (κ1) is 12.3. The number of methoxy groups -OCH3 is 1. The number of aromatic nitrogens is 1. The van der Waals surface area contributed by atoms with Gasteiger partial charge in [-0.3, -0.25) is 0 Å². The molecule has 0 saturated carbocycles. The molecule has 2 rings (SSSR count). The molecule has 0 amide bonds. The van der Waals surface area contributed by atoms with Gasteiger partial charge in [-0.25, -0.2) is 0 Å². The Hall–Kier alpha value is -1.13. The molecule has 0 aliphatic rings. The van der Waals surface area contributed by atoms with Crippen molar-refractivity contribution in [2.24, 2.45) is 0 Å². The molecule has 1 aromatic heterocycles. The fourth-order valence-corrected chi connectivity index (χ4v) is 2.76. The van der Waals surface area contributed by atoms with Gasteiger partial charge in [0.25, 0.3) is 0 Å². The normalized spacial score (nSPS) is 12.8. The second-order valence-corrected chi connectivity index (χ2v) is 4.89. The molecule has 2 aromatic rings. The van der Waals surface area contributed by atoms with Gasteiger partial charge >= 0.3 is 0 Å². The van der Waals surface area contributed by atoms with E-state index in [0.717, 1.165) is 30.0 Å². The molecule has 92 valence electrons. The first-order chi connectivity index (χ1) is 8.35. The van der Waals surface area contributed by atoms with E-state index in [-0.39, 0.29) is 0 Å². The average molecular weight is 250 g/mol. The average Bonchev–Trinajstić information content (AvgIpc) is 2.74. The Morgan fingerprint density at radius 3 is 3.00 bits per heavy atom. The highest BCUT2D eigenvalue weighted by Gasteiger charge is 2.11. The van der Waals surface area contributed by atoms with E-state index in [1.807, 2.05) is 18.2 Å². The van der Waals surface area contributed by atoms with Crippen LogP contribution in [-0.4, -0.2) is 24.1 Å². The molecular weight excluding hydrogens is 232 g/mol. The molecule has 1 unspecified atom stereocenters. The van der Waals surface area contributed by atoms with Crippen LogP contribution in [0.5, 0.6) is 0 Å². The lowest BCUT2D eigenvalue weighted by molar-refractivity contribution is 0.182. The lowest BCUT2D eigenvalue weighted by Gasteiger charge is -2.17. The zero-order chi connectivity index (χ0) is 12.1. The van der Waals surface area contributed by atoms with Crippen molar-refractivity contribution in [1.29, 1.82) is 0 Å². The molecule has 1 aromatic carbocycles. The Bertz CT molecular complexity index is 463. The number of fused-ring (bicyclic) bond motifs is 1. The van der Waals surface area contributed by atoms with Crippen molar-refractivity contribution < 1.29 is 4.74 Å². The number of ether oxygens (including phenoxy) is 1. The van der Waals surface area contributed by atoms with E-state index in [9.17, 15) is 0 Å². The van der Waals surface area contributed by atoms with Crippen molar-refractivity contribution >= 4 is 27.4 Å². The van der Waals surface area contributed by atoms with Crippen LogP contribution in [-0.2, 0) is 4.74 Å². The molecule has 0 saturated heterocycles. The Balaban J connectivity index is 2.15. The van der Waals surface area contributed by atoms with Gasteiger partial charge in [0.05, 0.1) is 18.2 Å². The number of benzene rings is 1. The van der Waals surface area contributed by atoms with Gasteiger partial charge in [-0.05, 0) is 30.1 Å². The molecule has 0 bridgehead atoms. The summed E-state index contributed by atoms with van der Waals surface area (Å²) in [7, 11) is 1.75. The van der Waals surface area contributed by atoms with Crippen molar-refractivity contribution in [2.45, 2.75) is 25.8 Å². The van der Waals surface area contributed by atoms with E-state index >= 15 is 0 Å². The summed E-state index contributed by atoms with van der Waals surface area (Å²) in [6.07, 6.45) is 2.26. The Labute approximate surface area is 106 Å². The van der Waals surface area contributed by atoms with Gasteiger partial charge in [-0.2, -0.15) is 4.37 Å². The van der Waals surface area contributed by atoms with E-state index in [2.05, 4.69) is 22.7 Å². The molecule has 0 spiro atoms. The van der Waals surface area contributed by atoms with Crippen molar-refractivity contribution in [3.63, 3.8) is 0 Å². The van der Waals surface area contributed by atoms with E-state index in [1.54, 1.807) is 7.11 Å². The third kappa shape index (κ3) is 2.96. The Kier molecular flexibility index (Phi) is 4.34.